The van der Waals surface area contributed by atoms with Crippen LogP contribution in [-0.4, -0.2) is 78.1 Å². The van der Waals surface area contributed by atoms with Gasteiger partial charge in [-0.15, -0.1) is 0 Å². The van der Waals surface area contributed by atoms with E-state index in [0.29, 0.717) is 23.7 Å². The van der Waals surface area contributed by atoms with E-state index in [4.69, 9.17) is 26.2 Å². The Morgan fingerprint density at radius 2 is 1.54 bits per heavy atom. The zero-order chi connectivity index (χ0) is 26.2. The van der Waals surface area contributed by atoms with Gasteiger partial charge in [0.25, 0.3) is 12.4 Å². The van der Waals surface area contributed by atoms with E-state index in [1.807, 2.05) is 24.3 Å². The Kier molecular flexibility index (Phi) is 9.41. The van der Waals surface area contributed by atoms with Gasteiger partial charge in [-0.1, -0.05) is 24.4 Å². The van der Waals surface area contributed by atoms with Gasteiger partial charge < -0.3 is 24.5 Å². The van der Waals surface area contributed by atoms with E-state index in [-0.39, 0.29) is 30.9 Å². The average Bonchev–Trinajstić information content (AvgIpc) is 3.45. The lowest BCUT2D eigenvalue weighted by molar-refractivity contribution is -0.123. The first kappa shape index (κ1) is 26.9. The zero-order valence-corrected chi connectivity index (χ0v) is 21.7. The van der Waals surface area contributed by atoms with Crippen LogP contribution in [0.1, 0.15) is 48.9 Å². The highest BCUT2D eigenvalue weighted by atomic mass is 35.5. The monoisotopic (exact) mass is 527 g/mol. The molecule has 2 aromatic carbocycles. The maximum atomic E-state index is 12.8. The molecule has 2 aromatic rings. The molecule has 37 heavy (non-hydrogen) atoms. The fourth-order valence-corrected chi connectivity index (χ4v) is 5.55. The number of hydrogen-bond acceptors (Lipinski definition) is 5. The van der Waals surface area contributed by atoms with Crippen molar-refractivity contribution in [2.75, 3.05) is 37.6 Å². The summed E-state index contributed by atoms with van der Waals surface area (Å²) in [6.45, 7) is 3.03. The predicted octanol–water partition coefficient (Wildman–Crippen LogP) is 4.32. The second kappa shape index (κ2) is 12.9. The smallest absolute Gasteiger partial charge is 0.290 e. The van der Waals surface area contributed by atoms with Crippen LogP contribution in [0.3, 0.4) is 0 Å². The summed E-state index contributed by atoms with van der Waals surface area (Å²) in [6, 6.07) is 15.4. The van der Waals surface area contributed by atoms with Gasteiger partial charge in [0, 0.05) is 48.5 Å². The fraction of sp³-hybridized carbons (Fsp3) is 0.464. The molecule has 2 saturated heterocycles. The van der Waals surface area contributed by atoms with Crippen molar-refractivity contribution in [1.82, 2.24) is 9.80 Å². The molecule has 1 N–H and O–H groups in total. The van der Waals surface area contributed by atoms with Crippen molar-refractivity contribution < 1.29 is 24.2 Å². The maximum absolute atomic E-state index is 12.8. The van der Waals surface area contributed by atoms with Crippen LogP contribution >= 0.6 is 11.6 Å². The largest absolute Gasteiger partial charge is 0.490 e. The summed E-state index contributed by atoms with van der Waals surface area (Å²) in [4.78, 5) is 39.9. The van der Waals surface area contributed by atoms with E-state index in [0.717, 1.165) is 43.4 Å². The maximum Gasteiger partial charge on any atom is 0.290 e. The van der Waals surface area contributed by atoms with E-state index >= 15 is 0 Å². The summed E-state index contributed by atoms with van der Waals surface area (Å²) >= 11 is 5.91. The lowest BCUT2D eigenvalue weighted by atomic mass is 10.0. The highest BCUT2D eigenvalue weighted by Gasteiger charge is 2.30. The number of ether oxygens (including phenoxy) is 1. The second-order valence-electron chi connectivity index (χ2n) is 9.67. The number of benzene rings is 2. The number of nitrogens with zero attached hydrogens (tertiary/aromatic N) is 3. The number of piperazine rings is 1. The first-order valence-corrected chi connectivity index (χ1v) is 13.3. The number of halogens is 1. The molecule has 8 nitrogen and oxygen atoms in total. The van der Waals surface area contributed by atoms with Crippen molar-refractivity contribution in [3.8, 4) is 5.75 Å². The molecule has 0 unspecified atom stereocenters. The van der Waals surface area contributed by atoms with Gasteiger partial charge in [-0.05, 0) is 74.2 Å². The molecule has 9 heteroatoms. The Morgan fingerprint density at radius 1 is 0.919 bits per heavy atom. The molecule has 0 radical (unpaired) electrons. The van der Waals surface area contributed by atoms with Crippen LogP contribution in [-0.2, 0) is 9.59 Å². The van der Waals surface area contributed by atoms with Crippen molar-refractivity contribution >= 4 is 35.6 Å². The molecule has 3 fully saturated rings. The Labute approximate surface area is 222 Å². The fourth-order valence-electron chi connectivity index (χ4n) is 5.42. The summed E-state index contributed by atoms with van der Waals surface area (Å²) in [6.07, 6.45) is 7.87. The second-order valence-corrected chi connectivity index (χ2v) is 10.1. The molecular weight excluding hydrogens is 494 g/mol. The Bertz CT molecular complexity index is 1050. The minimum Gasteiger partial charge on any atom is -0.490 e. The highest BCUT2D eigenvalue weighted by molar-refractivity contribution is 6.30. The van der Waals surface area contributed by atoms with E-state index < -0.39 is 0 Å². The van der Waals surface area contributed by atoms with Crippen LogP contribution in [0.25, 0.3) is 0 Å². The number of anilines is 1. The van der Waals surface area contributed by atoms with Crippen LogP contribution in [0, 0.1) is 0 Å². The lowest BCUT2D eigenvalue weighted by Crippen LogP contribution is -2.52. The Hall–Kier alpha value is -3.10. The first-order chi connectivity index (χ1) is 18.0. The van der Waals surface area contributed by atoms with Gasteiger partial charge in [0.05, 0.1) is 0 Å². The predicted molar refractivity (Wildman–Crippen MR) is 142 cm³/mol. The van der Waals surface area contributed by atoms with E-state index in [9.17, 15) is 9.59 Å². The van der Waals surface area contributed by atoms with Gasteiger partial charge in [-0.2, -0.15) is 0 Å². The third-order valence-electron chi connectivity index (χ3n) is 7.37. The summed E-state index contributed by atoms with van der Waals surface area (Å²) in [5.41, 5.74) is 1.38. The van der Waals surface area contributed by atoms with Gasteiger partial charge in [0.15, 0.2) is 0 Å². The van der Waals surface area contributed by atoms with E-state index in [2.05, 4.69) is 4.90 Å². The van der Waals surface area contributed by atoms with Gasteiger partial charge in [0.1, 0.15) is 18.4 Å². The van der Waals surface area contributed by atoms with Crippen LogP contribution in [0.2, 0.25) is 5.02 Å². The lowest BCUT2D eigenvalue weighted by Gasteiger charge is -2.36. The number of amides is 2. The number of carbonyl (C=O) groups excluding carboxylic acids is 2. The number of likely N-dealkylation sites (tertiary alicyclic amines) is 1. The van der Waals surface area contributed by atoms with Crippen LogP contribution in [0.5, 0.6) is 5.75 Å². The molecule has 2 aliphatic heterocycles. The SMILES string of the molecule is O=C(c1ccc(Cl)cc1)N1CCN(c2ccc(OC3CCN(C4CCCC4)CC3)cc2)C(=O)C1.O=CO. The number of rotatable bonds is 5. The first-order valence-electron chi connectivity index (χ1n) is 12.9. The van der Waals surface area contributed by atoms with Crippen molar-refractivity contribution in [3.63, 3.8) is 0 Å². The Morgan fingerprint density at radius 3 is 2.14 bits per heavy atom. The van der Waals surface area contributed by atoms with Gasteiger partial charge in [0.2, 0.25) is 5.91 Å². The van der Waals surface area contributed by atoms with Crippen molar-refractivity contribution in [2.24, 2.45) is 0 Å². The molecule has 1 aliphatic carbocycles. The summed E-state index contributed by atoms with van der Waals surface area (Å²) < 4.78 is 6.25. The van der Waals surface area contributed by atoms with Crippen LogP contribution in [0.15, 0.2) is 48.5 Å². The quantitative estimate of drug-likeness (QED) is 0.583. The van der Waals surface area contributed by atoms with Crippen molar-refractivity contribution in [1.29, 1.82) is 0 Å². The normalized spacial score (nSPS) is 19.3. The zero-order valence-electron chi connectivity index (χ0n) is 20.9. The minimum absolute atomic E-state index is 0.0687. The average molecular weight is 528 g/mol. The highest BCUT2D eigenvalue weighted by Crippen LogP contribution is 2.28. The number of carboxylic acid groups (broad SMARTS) is 1. The number of carbonyl (C=O) groups is 3. The molecular formula is C28H34ClN3O5. The third-order valence-corrected chi connectivity index (χ3v) is 7.62. The molecule has 1 saturated carbocycles. The van der Waals surface area contributed by atoms with Crippen LogP contribution in [0.4, 0.5) is 5.69 Å². The molecule has 0 bridgehead atoms. The number of hydrogen-bond donors (Lipinski definition) is 1. The van der Waals surface area contributed by atoms with Crippen molar-refractivity contribution in [2.45, 2.75) is 50.7 Å². The molecule has 3 aliphatic rings. The van der Waals surface area contributed by atoms with Gasteiger partial charge >= 0.3 is 0 Å². The Balaban J connectivity index is 0.00000102. The third kappa shape index (κ3) is 7.02. The molecule has 198 valence electrons. The topological polar surface area (TPSA) is 90.4 Å². The standard InChI is InChI=1S/C27H32ClN3O3.CH2O2/c28-21-7-5-20(6-8-21)27(33)30-17-18-31(26(32)19-30)23-9-11-24(12-10-23)34-25-13-15-29(16-14-25)22-3-1-2-4-22;2-1-3/h5-12,22,25H,1-4,13-19H2;1H,(H,2,3). The van der Waals surface area contributed by atoms with Crippen molar-refractivity contribution in [3.05, 3.63) is 59.1 Å². The summed E-state index contributed by atoms with van der Waals surface area (Å²) in [7, 11) is 0. The van der Waals surface area contributed by atoms with Gasteiger partial charge in [-0.3, -0.25) is 14.4 Å². The van der Waals surface area contributed by atoms with E-state index in [1.165, 1.54) is 25.7 Å². The van der Waals surface area contributed by atoms with E-state index in [1.54, 1.807) is 34.1 Å². The molecule has 0 spiro atoms. The molecule has 0 aromatic heterocycles. The molecule has 2 amide bonds. The molecule has 5 rings (SSSR count). The number of piperidine rings is 1. The summed E-state index contributed by atoms with van der Waals surface area (Å²) in [5.74, 6) is 0.626. The molecule has 2 heterocycles. The van der Waals surface area contributed by atoms with Crippen LogP contribution < -0.4 is 9.64 Å². The molecule has 0 atom stereocenters. The van der Waals surface area contributed by atoms with Gasteiger partial charge in [-0.25, -0.2) is 0 Å². The minimum atomic E-state index is -0.250. The summed E-state index contributed by atoms with van der Waals surface area (Å²) in [5, 5.41) is 7.47.